The van der Waals surface area contributed by atoms with Crippen LogP contribution in [0.4, 0.5) is 0 Å². The highest BCUT2D eigenvalue weighted by Crippen LogP contribution is 2.34. The van der Waals surface area contributed by atoms with E-state index in [1.54, 1.807) is 14.2 Å². The minimum atomic E-state index is -0.439. The monoisotopic (exact) mass is 400 g/mol. The SMILES string of the molecule is COc1cccc(Cn2c(-c3ccc4ccccc4c3)cc(C(N)=O)c2C)c1OC. The third-order valence-corrected chi connectivity index (χ3v) is 5.49. The van der Waals surface area contributed by atoms with Gasteiger partial charge >= 0.3 is 0 Å². The average Bonchev–Trinajstić information content (AvgIpc) is 3.09. The molecule has 4 aromatic rings. The molecule has 30 heavy (non-hydrogen) atoms. The summed E-state index contributed by atoms with van der Waals surface area (Å²) in [6.45, 7) is 2.43. The smallest absolute Gasteiger partial charge is 0.250 e. The molecule has 0 saturated heterocycles. The fraction of sp³-hybridized carbons (Fsp3) is 0.160. The third-order valence-electron chi connectivity index (χ3n) is 5.49. The van der Waals surface area contributed by atoms with Crippen molar-refractivity contribution in [1.82, 2.24) is 4.57 Å². The van der Waals surface area contributed by atoms with Gasteiger partial charge in [-0.25, -0.2) is 0 Å². The number of nitrogens with two attached hydrogens (primary N) is 1. The van der Waals surface area contributed by atoms with E-state index in [9.17, 15) is 4.79 Å². The van der Waals surface area contributed by atoms with Crippen molar-refractivity contribution >= 4 is 16.7 Å². The number of aromatic nitrogens is 1. The van der Waals surface area contributed by atoms with Crippen LogP contribution in [0.1, 0.15) is 21.6 Å². The van der Waals surface area contributed by atoms with Crippen molar-refractivity contribution < 1.29 is 14.3 Å². The Morgan fingerprint density at radius 1 is 0.933 bits per heavy atom. The molecular formula is C25H24N2O3. The maximum absolute atomic E-state index is 12.1. The number of fused-ring (bicyclic) bond motifs is 1. The minimum absolute atomic E-state index is 0.439. The Balaban J connectivity index is 1.88. The zero-order valence-corrected chi connectivity index (χ0v) is 17.3. The Labute approximate surface area is 175 Å². The van der Waals surface area contributed by atoms with Crippen molar-refractivity contribution in [3.05, 3.63) is 83.6 Å². The van der Waals surface area contributed by atoms with Crippen LogP contribution in [0, 0.1) is 6.92 Å². The van der Waals surface area contributed by atoms with Crippen LogP contribution >= 0.6 is 0 Å². The first-order valence-electron chi connectivity index (χ1n) is 9.72. The van der Waals surface area contributed by atoms with Crippen LogP contribution in [0.2, 0.25) is 0 Å². The quantitative estimate of drug-likeness (QED) is 0.506. The summed E-state index contributed by atoms with van der Waals surface area (Å²) < 4.78 is 13.1. The first kappa shape index (κ1) is 19.6. The highest BCUT2D eigenvalue weighted by molar-refractivity contribution is 5.96. The topological polar surface area (TPSA) is 66.5 Å². The Hall–Kier alpha value is -3.73. The molecule has 0 saturated carbocycles. The standard InChI is InChI=1S/C25H24N2O3/c1-16-21(25(26)28)14-22(19-12-11-17-7-4-5-8-18(17)13-19)27(16)15-20-9-6-10-23(29-2)24(20)30-3/h4-14H,15H2,1-3H3,(H2,26,28). The molecule has 5 nitrogen and oxygen atoms in total. The maximum atomic E-state index is 12.1. The van der Waals surface area contributed by atoms with Crippen molar-refractivity contribution in [3.63, 3.8) is 0 Å². The molecule has 5 heteroatoms. The summed E-state index contributed by atoms with van der Waals surface area (Å²) in [4.78, 5) is 12.1. The van der Waals surface area contributed by atoms with Gasteiger partial charge < -0.3 is 19.8 Å². The number of amides is 1. The summed E-state index contributed by atoms with van der Waals surface area (Å²) in [7, 11) is 3.25. The van der Waals surface area contributed by atoms with Gasteiger partial charge in [-0.15, -0.1) is 0 Å². The molecule has 0 aliphatic rings. The van der Waals surface area contributed by atoms with Crippen LogP contribution < -0.4 is 15.2 Å². The second-order valence-corrected chi connectivity index (χ2v) is 7.19. The summed E-state index contributed by atoms with van der Waals surface area (Å²) in [6.07, 6.45) is 0. The molecule has 0 aliphatic heterocycles. The predicted molar refractivity (Wildman–Crippen MR) is 119 cm³/mol. The molecule has 3 aromatic carbocycles. The zero-order valence-electron chi connectivity index (χ0n) is 17.3. The van der Waals surface area contributed by atoms with Crippen LogP contribution in [0.3, 0.4) is 0 Å². The van der Waals surface area contributed by atoms with Gasteiger partial charge in [0.25, 0.3) is 5.91 Å². The normalized spacial score (nSPS) is 10.9. The van der Waals surface area contributed by atoms with Crippen LogP contribution in [-0.2, 0) is 6.54 Å². The van der Waals surface area contributed by atoms with Crippen molar-refractivity contribution in [1.29, 1.82) is 0 Å². The van der Waals surface area contributed by atoms with Gasteiger partial charge in [-0.3, -0.25) is 4.79 Å². The lowest BCUT2D eigenvalue weighted by atomic mass is 10.0. The van der Waals surface area contributed by atoms with Crippen LogP contribution in [-0.4, -0.2) is 24.7 Å². The highest BCUT2D eigenvalue weighted by atomic mass is 16.5. The lowest BCUT2D eigenvalue weighted by Crippen LogP contribution is -2.13. The van der Waals surface area contributed by atoms with Gasteiger partial charge in [0.2, 0.25) is 0 Å². The van der Waals surface area contributed by atoms with E-state index in [-0.39, 0.29) is 0 Å². The molecule has 0 spiro atoms. The Bertz CT molecular complexity index is 1240. The number of hydrogen-bond donors (Lipinski definition) is 1. The van der Waals surface area contributed by atoms with Crippen LogP contribution in [0.25, 0.3) is 22.0 Å². The van der Waals surface area contributed by atoms with Crippen LogP contribution in [0.15, 0.2) is 66.7 Å². The van der Waals surface area contributed by atoms with Gasteiger partial charge in [-0.1, -0.05) is 48.5 Å². The molecule has 152 valence electrons. The predicted octanol–water partition coefficient (Wildman–Crippen LogP) is 4.78. The molecule has 0 unspecified atom stereocenters. The molecule has 0 fully saturated rings. The molecule has 1 amide bonds. The lowest BCUT2D eigenvalue weighted by Gasteiger charge is -2.17. The molecule has 0 bridgehead atoms. The number of ether oxygens (including phenoxy) is 2. The number of rotatable bonds is 6. The molecule has 1 aromatic heterocycles. The van der Waals surface area contributed by atoms with Crippen LogP contribution in [0.5, 0.6) is 11.5 Å². The molecule has 4 rings (SSSR count). The molecule has 0 atom stereocenters. The number of carbonyl (C=O) groups excluding carboxylic acids is 1. The van der Waals surface area contributed by atoms with Crippen molar-refractivity contribution in [2.75, 3.05) is 14.2 Å². The van der Waals surface area contributed by atoms with Gasteiger partial charge in [0.05, 0.1) is 26.3 Å². The maximum Gasteiger partial charge on any atom is 0.250 e. The first-order chi connectivity index (χ1) is 14.5. The van der Waals surface area contributed by atoms with Gasteiger partial charge in [0, 0.05) is 17.0 Å². The van der Waals surface area contributed by atoms with Gasteiger partial charge in [-0.05, 0) is 41.5 Å². The minimum Gasteiger partial charge on any atom is -0.493 e. The Morgan fingerprint density at radius 2 is 1.70 bits per heavy atom. The largest absolute Gasteiger partial charge is 0.493 e. The van der Waals surface area contributed by atoms with E-state index in [1.165, 1.54) is 5.39 Å². The number of primary amides is 1. The highest BCUT2D eigenvalue weighted by Gasteiger charge is 2.19. The lowest BCUT2D eigenvalue weighted by molar-refractivity contribution is 0.0999. The van der Waals surface area contributed by atoms with Gasteiger partial charge in [-0.2, -0.15) is 0 Å². The molecule has 1 heterocycles. The van der Waals surface area contributed by atoms with Gasteiger partial charge in [0.15, 0.2) is 11.5 Å². The van der Waals surface area contributed by atoms with E-state index in [0.717, 1.165) is 27.9 Å². The first-order valence-corrected chi connectivity index (χ1v) is 9.72. The summed E-state index contributed by atoms with van der Waals surface area (Å²) in [6, 6.07) is 22.2. The van der Waals surface area contributed by atoms with E-state index in [2.05, 4.69) is 34.9 Å². The zero-order chi connectivity index (χ0) is 21.3. The second-order valence-electron chi connectivity index (χ2n) is 7.19. The molecule has 0 radical (unpaired) electrons. The van der Waals surface area contributed by atoms with E-state index < -0.39 is 5.91 Å². The second kappa shape index (κ2) is 7.95. The Kier molecular flexibility index (Phi) is 5.19. The number of nitrogens with zero attached hydrogens (tertiary/aromatic N) is 1. The van der Waals surface area contributed by atoms with Crippen molar-refractivity contribution in [2.24, 2.45) is 5.73 Å². The summed E-state index contributed by atoms with van der Waals surface area (Å²) in [5.74, 6) is 0.909. The van der Waals surface area contributed by atoms with E-state index in [1.807, 2.05) is 43.3 Å². The summed E-state index contributed by atoms with van der Waals surface area (Å²) in [5, 5.41) is 2.31. The van der Waals surface area contributed by atoms with E-state index in [4.69, 9.17) is 15.2 Å². The van der Waals surface area contributed by atoms with Crippen molar-refractivity contribution in [3.8, 4) is 22.8 Å². The molecule has 0 aliphatic carbocycles. The number of carbonyl (C=O) groups is 1. The number of benzene rings is 3. The number of hydrogen-bond acceptors (Lipinski definition) is 3. The fourth-order valence-corrected chi connectivity index (χ4v) is 3.93. The fourth-order valence-electron chi connectivity index (χ4n) is 3.93. The summed E-state index contributed by atoms with van der Waals surface area (Å²) in [5.41, 5.74) is 9.89. The summed E-state index contributed by atoms with van der Waals surface area (Å²) >= 11 is 0. The Morgan fingerprint density at radius 3 is 2.40 bits per heavy atom. The van der Waals surface area contributed by atoms with E-state index >= 15 is 0 Å². The van der Waals surface area contributed by atoms with Gasteiger partial charge in [0.1, 0.15) is 0 Å². The molecular weight excluding hydrogens is 376 g/mol. The van der Waals surface area contributed by atoms with Crippen molar-refractivity contribution in [2.45, 2.75) is 13.5 Å². The third kappa shape index (κ3) is 3.39. The molecule has 2 N–H and O–H groups in total. The number of methoxy groups -OCH3 is 2. The number of para-hydroxylation sites is 1. The van der Waals surface area contributed by atoms with E-state index in [0.29, 0.717) is 23.6 Å². The average molecular weight is 400 g/mol.